The minimum absolute atomic E-state index is 0.220. The molecule has 0 bridgehead atoms. The van der Waals surface area contributed by atoms with Crippen LogP contribution < -0.4 is 10.6 Å². The molecule has 7 heteroatoms. The lowest BCUT2D eigenvalue weighted by atomic mass is 9.87. The van der Waals surface area contributed by atoms with Gasteiger partial charge in [-0.3, -0.25) is 14.5 Å². The van der Waals surface area contributed by atoms with E-state index in [9.17, 15) is 18.8 Å². The van der Waals surface area contributed by atoms with Crippen LogP contribution >= 0.6 is 0 Å². The largest absolute Gasteiger partial charge is 0.348 e. The molecule has 0 spiro atoms. The number of benzene rings is 2. The maximum absolute atomic E-state index is 13.3. The number of imide groups is 1. The Morgan fingerprint density at radius 3 is 2.32 bits per heavy atom. The number of hydrogen-bond donors (Lipinski definition) is 2. The second kappa shape index (κ2) is 9.29. The van der Waals surface area contributed by atoms with Crippen molar-refractivity contribution >= 4 is 17.8 Å². The van der Waals surface area contributed by atoms with E-state index < -0.39 is 29.2 Å². The van der Waals surface area contributed by atoms with E-state index in [-0.39, 0.29) is 19.0 Å². The molecule has 1 saturated heterocycles. The number of carbonyl (C=O) groups excluding carboxylic acids is 3. The number of amides is 4. The monoisotopic (exact) mass is 425 g/mol. The van der Waals surface area contributed by atoms with E-state index in [1.165, 1.54) is 24.3 Å². The third kappa shape index (κ3) is 4.76. The van der Waals surface area contributed by atoms with Crippen molar-refractivity contribution in [1.82, 2.24) is 15.5 Å². The molecule has 164 valence electrons. The van der Waals surface area contributed by atoms with E-state index in [1.54, 1.807) is 6.92 Å². The van der Waals surface area contributed by atoms with E-state index >= 15 is 0 Å². The predicted octanol–water partition coefficient (Wildman–Crippen LogP) is 3.89. The number of rotatable bonds is 8. The van der Waals surface area contributed by atoms with Crippen LogP contribution in [-0.2, 0) is 15.1 Å². The van der Waals surface area contributed by atoms with Crippen LogP contribution in [0.2, 0.25) is 0 Å². The summed E-state index contributed by atoms with van der Waals surface area (Å²) in [6.45, 7) is 5.52. The molecule has 2 unspecified atom stereocenters. The predicted molar refractivity (Wildman–Crippen MR) is 115 cm³/mol. The van der Waals surface area contributed by atoms with Gasteiger partial charge in [-0.05, 0) is 42.0 Å². The standard InChI is InChI=1S/C24H28FN3O3/c1-4-24(18-10-12-19(25)13-11-18)22(30)28(23(31)27-24)15-21(29)26-20(14-16(2)3)17-8-6-5-7-9-17/h5-13,16,20H,4,14-15H2,1-3H3,(H,26,29)(H,27,31). The molecule has 0 aromatic heterocycles. The minimum Gasteiger partial charge on any atom is -0.348 e. The maximum atomic E-state index is 13.3. The van der Waals surface area contributed by atoms with Gasteiger partial charge in [-0.15, -0.1) is 0 Å². The fourth-order valence-electron chi connectivity index (χ4n) is 3.96. The van der Waals surface area contributed by atoms with Gasteiger partial charge in [0.1, 0.15) is 17.9 Å². The van der Waals surface area contributed by atoms with E-state index in [0.29, 0.717) is 11.5 Å². The molecule has 2 atom stereocenters. The third-order valence-corrected chi connectivity index (χ3v) is 5.59. The summed E-state index contributed by atoms with van der Waals surface area (Å²) in [6, 6.07) is 14.2. The van der Waals surface area contributed by atoms with Crippen LogP contribution in [0.15, 0.2) is 54.6 Å². The molecular formula is C24H28FN3O3. The summed E-state index contributed by atoms with van der Waals surface area (Å²) >= 11 is 0. The van der Waals surface area contributed by atoms with Crippen LogP contribution in [0.4, 0.5) is 9.18 Å². The lowest BCUT2D eigenvalue weighted by Gasteiger charge is -2.26. The smallest absolute Gasteiger partial charge is 0.325 e. The van der Waals surface area contributed by atoms with Crippen molar-refractivity contribution in [3.63, 3.8) is 0 Å². The Bertz CT molecular complexity index is 946. The van der Waals surface area contributed by atoms with Gasteiger partial charge >= 0.3 is 6.03 Å². The van der Waals surface area contributed by atoms with Gasteiger partial charge in [-0.1, -0.05) is 63.2 Å². The molecule has 6 nitrogen and oxygen atoms in total. The molecule has 2 aromatic carbocycles. The number of carbonyl (C=O) groups is 3. The van der Waals surface area contributed by atoms with E-state index in [0.717, 1.165) is 16.9 Å². The molecule has 1 fully saturated rings. The number of nitrogens with zero attached hydrogens (tertiary/aromatic N) is 1. The lowest BCUT2D eigenvalue weighted by molar-refractivity contribution is -0.135. The Balaban J connectivity index is 1.76. The van der Waals surface area contributed by atoms with Crippen molar-refractivity contribution < 1.29 is 18.8 Å². The Labute approximate surface area is 181 Å². The van der Waals surface area contributed by atoms with Gasteiger partial charge < -0.3 is 10.6 Å². The van der Waals surface area contributed by atoms with Gasteiger partial charge in [-0.2, -0.15) is 0 Å². The minimum atomic E-state index is -1.30. The molecule has 0 radical (unpaired) electrons. The zero-order chi connectivity index (χ0) is 22.6. The molecule has 1 aliphatic heterocycles. The summed E-state index contributed by atoms with van der Waals surface area (Å²) in [7, 11) is 0. The van der Waals surface area contributed by atoms with Crippen molar-refractivity contribution in [2.24, 2.45) is 5.92 Å². The normalized spacial score (nSPS) is 19.5. The van der Waals surface area contributed by atoms with Crippen LogP contribution in [0.1, 0.15) is 50.8 Å². The van der Waals surface area contributed by atoms with Gasteiger partial charge in [0.2, 0.25) is 5.91 Å². The number of hydrogen-bond acceptors (Lipinski definition) is 3. The second-order valence-electron chi connectivity index (χ2n) is 8.25. The van der Waals surface area contributed by atoms with Crippen molar-refractivity contribution in [3.8, 4) is 0 Å². The first-order valence-electron chi connectivity index (χ1n) is 10.5. The molecule has 4 amide bonds. The topological polar surface area (TPSA) is 78.5 Å². The quantitative estimate of drug-likeness (QED) is 0.630. The van der Waals surface area contributed by atoms with Gasteiger partial charge in [0.15, 0.2) is 0 Å². The van der Waals surface area contributed by atoms with Crippen LogP contribution in [-0.4, -0.2) is 29.3 Å². The summed E-state index contributed by atoms with van der Waals surface area (Å²) in [4.78, 5) is 39.5. The SMILES string of the molecule is CCC1(c2ccc(F)cc2)NC(=O)N(CC(=O)NC(CC(C)C)c2ccccc2)C1=O. The number of nitrogens with one attached hydrogen (secondary N) is 2. The molecule has 3 rings (SSSR count). The summed E-state index contributed by atoms with van der Waals surface area (Å²) in [5, 5.41) is 5.67. The average molecular weight is 426 g/mol. The Kier molecular flexibility index (Phi) is 6.73. The van der Waals surface area contributed by atoms with Crippen LogP contribution in [0.25, 0.3) is 0 Å². The van der Waals surface area contributed by atoms with Gasteiger partial charge in [0.05, 0.1) is 6.04 Å². The summed E-state index contributed by atoms with van der Waals surface area (Å²) in [5.74, 6) is -1.01. The zero-order valence-electron chi connectivity index (χ0n) is 18.0. The van der Waals surface area contributed by atoms with Crippen LogP contribution in [0, 0.1) is 11.7 Å². The van der Waals surface area contributed by atoms with Crippen LogP contribution in [0.3, 0.4) is 0 Å². The van der Waals surface area contributed by atoms with E-state index in [1.807, 2.05) is 30.3 Å². The molecular weight excluding hydrogens is 397 g/mol. The van der Waals surface area contributed by atoms with E-state index in [2.05, 4.69) is 24.5 Å². The van der Waals surface area contributed by atoms with Gasteiger partial charge in [0, 0.05) is 0 Å². The molecule has 0 saturated carbocycles. The first kappa shape index (κ1) is 22.5. The van der Waals surface area contributed by atoms with Crippen molar-refractivity contribution in [2.45, 2.75) is 45.2 Å². The fraction of sp³-hybridized carbons (Fsp3) is 0.375. The number of urea groups is 1. The first-order chi connectivity index (χ1) is 14.8. The van der Waals surface area contributed by atoms with Crippen molar-refractivity contribution in [3.05, 3.63) is 71.5 Å². The average Bonchev–Trinajstić information content (AvgIpc) is 2.99. The maximum Gasteiger partial charge on any atom is 0.325 e. The summed E-state index contributed by atoms with van der Waals surface area (Å²) < 4.78 is 13.3. The molecule has 2 aromatic rings. The highest BCUT2D eigenvalue weighted by Crippen LogP contribution is 2.32. The van der Waals surface area contributed by atoms with E-state index in [4.69, 9.17) is 0 Å². The second-order valence-corrected chi connectivity index (χ2v) is 8.25. The Morgan fingerprint density at radius 2 is 1.74 bits per heavy atom. The van der Waals surface area contributed by atoms with Gasteiger partial charge in [0.25, 0.3) is 5.91 Å². The highest BCUT2D eigenvalue weighted by Gasteiger charge is 2.51. The molecule has 1 aliphatic rings. The summed E-state index contributed by atoms with van der Waals surface area (Å²) in [5.41, 5.74) is 0.151. The molecule has 2 N–H and O–H groups in total. The Morgan fingerprint density at radius 1 is 1.10 bits per heavy atom. The summed E-state index contributed by atoms with van der Waals surface area (Å²) in [6.07, 6.45) is 1.01. The Hall–Kier alpha value is -3.22. The van der Waals surface area contributed by atoms with Crippen molar-refractivity contribution in [2.75, 3.05) is 6.54 Å². The highest BCUT2D eigenvalue weighted by molar-refractivity contribution is 6.09. The van der Waals surface area contributed by atoms with Gasteiger partial charge in [-0.25, -0.2) is 9.18 Å². The first-order valence-corrected chi connectivity index (χ1v) is 10.5. The van der Waals surface area contributed by atoms with Crippen molar-refractivity contribution in [1.29, 1.82) is 0 Å². The fourth-order valence-corrected chi connectivity index (χ4v) is 3.96. The number of halogens is 1. The third-order valence-electron chi connectivity index (χ3n) is 5.59. The molecule has 1 heterocycles. The molecule has 31 heavy (non-hydrogen) atoms. The molecule has 0 aliphatic carbocycles. The zero-order valence-corrected chi connectivity index (χ0v) is 18.0. The lowest BCUT2D eigenvalue weighted by Crippen LogP contribution is -2.45. The van der Waals surface area contributed by atoms with Crippen LogP contribution in [0.5, 0.6) is 0 Å². The highest BCUT2D eigenvalue weighted by atomic mass is 19.1.